The molecule has 0 aliphatic heterocycles. The summed E-state index contributed by atoms with van der Waals surface area (Å²) in [6.07, 6.45) is 1.88. The molecule has 0 N–H and O–H groups in total. The van der Waals surface area contributed by atoms with Crippen LogP contribution in [0.25, 0.3) is 71.9 Å². The quantitative estimate of drug-likeness (QED) is 0.165. The van der Waals surface area contributed by atoms with E-state index in [9.17, 15) is 4.39 Å². The van der Waals surface area contributed by atoms with Crippen molar-refractivity contribution in [1.82, 2.24) is 23.9 Å². The first-order valence-electron chi connectivity index (χ1n) is 19.6. The molecular formula is C50H44F3N5Pt. The van der Waals surface area contributed by atoms with Crippen LogP contribution in [0.4, 0.5) is 13.2 Å². The number of halogens is 3. The molecule has 0 bridgehead atoms. The molecule has 4 aromatic heterocycles. The number of nitrogens with zero attached hydrogens (tertiary/aromatic N) is 5. The summed E-state index contributed by atoms with van der Waals surface area (Å²) in [5.74, 6) is -2.11. The number of rotatable bonds is 4. The summed E-state index contributed by atoms with van der Waals surface area (Å²) in [5, 5.41) is 9.30. The Hall–Kier alpha value is -5.46. The van der Waals surface area contributed by atoms with Crippen LogP contribution in [0.1, 0.15) is 79.3 Å². The van der Waals surface area contributed by atoms with E-state index in [1.165, 1.54) is 5.56 Å². The Bertz CT molecular complexity index is 3090. The third-order valence-electron chi connectivity index (χ3n) is 11.0. The van der Waals surface area contributed by atoms with Gasteiger partial charge in [0.25, 0.3) is 0 Å². The molecule has 9 heteroatoms. The molecule has 5 aromatic carbocycles. The van der Waals surface area contributed by atoms with E-state index in [0.717, 1.165) is 67.2 Å². The second-order valence-electron chi connectivity index (χ2n) is 18.3. The third kappa shape index (κ3) is 6.60. The summed E-state index contributed by atoms with van der Waals surface area (Å²) in [5.41, 5.74) is 6.03. The Balaban J connectivity index is 0.00000484. The van der Waals surface area contributed by atoms with Crippen LogP contribution in [0.15, 0.2) is 103 Å². The third-order valence-corrected chi connectivity index (χ3v) is 11.0. The summed E-state index contributed by atoms with van der Waals surface area (Å²) in [4.78, 5) is 4.88. The number of aromatic nitrogens is 5. The van der Waals surface area contributed by atoms with Crippen molar-refractivity contribution in [1.29, 1.82) is 0 Å². The molecule has 300 valence electrons. The standard InChI is InChI=1S/C50H44F3N5.Pt/c1-48(2,3)29-22-23-54-43(24-29)57-40-17-13-11-15-34(40)36-20-18-31(27-42(36)57)56-39-16-12-10-14-33(39)35-21-19-32(28-41(35)56)58-47(50(7,8)9)45(46(55-58)49(4,5)6)44-37(52)25-30(51)26-38(44)53;/h10-26H,1-9H3;/q-2;+2. The minimum Gasteiger partial charge on any atom is -0.358 e. The minimum absolute atomic E-state index is 0. The van der Waals surface area contributed by atoms with Gasteiger partial charge in [-0.25, -0.2) is 18.2 Å². The van der Waals surface area contributed by atoms with Gasteiger partial charge in [0.2, 0.25) is 0 Å². The van der Waals surface area contributed by atoms with Gasteiger partial charge in [0.15, 0.2) is 0 Å². The predicted octanol–water partition coefficient (Wildman–Crippen LogP) is 13.0. The Kier molecular flexibility index (Phi) is 9.63. The van der Waals surface area contributed by atoms with Crippen molar-refractivity contribution in [2.24, 2.45) is 0 Å². The van der Waals surface area contributed by atoms with E-state index < -0.39 is 28.3 Å². The molecule has 0 saturated carbocycles. The number of pyridine rings is 1. The van der Waals surface area contributed by atoms with Crippen molar-refractivity contribution in [3.8, 4) is 28.3 Å². The molecular weight excluding hydrogens is 923 g/mol. The van der Waals surface area contributed by atoms with E-state index >= 15 is 8.78 Å². The smallest absolute Gasteiger partial charge is 0.358 e. The van der Waals surface area contributed by atoms with Crippen LogP contribution in [-0.2, 0) is 37.3 Å². The van der Waals surface area contributed by atoms with Crippen LogP contribution in [0.3, 0.4) is 0 Å². The van der Waals surface area contributed by atoms with Gasteiger partial charge in [-0.05, 0) is 51.7 Å². The fourth-order valence-corrected chi connectivity index (χ4v) is 8.34. The average molecular weight is 967 g/mol. The molecule has 4 heterocycles. The monoisotopic (exact) mass is 966 g/mol. The average Bonchev–Trinajstić information content (AvgIpc) is 3.82. The number of benzene rings is 5. The normalized spacial score (nSPS) is 12.6. The number of hydrogen-bond acceptors (Lipinski definition) is 2. The van der Waals surface area contributed by atoms with Crippen LogP contribution in [0.2, 0.25) is 0 Å². The summed E-state index contributed by atoms with van der Waals surface area (Å²) in [7, 11) is 0. The zero-order valence-corrected chi connectivity index (χ0v) is 36.8. The Morgan fingerprint density at radius 1 is 0.542 bits per heavy atom. The fourth-order valence-electron chi connectivity index (χ4n) is 8.34. The molecule has 0 unspecified atom stereocenters. The zero-order valence-electron chi connectivity index (χ0n) is 34.5. The van der Waals surface area contributed by atoms with Crippen LogP contribution in [-0.4, -0.2) is 23.9 Å². The molecule has 9 rings (SSSR count). The largest absolute Gasteiger partial charge is 2.00 e. The Morgan fingerprint density at radius 2 is 1.08 bits per heavy atom. The van der Waals surface area contributed by atoms with Crippen molar-refractivity contribution in [2.45, 2.75) is 78.6 Å². The Labute approximate surface area is 356 Å². The summed E-state index contributed by atoms with van der Waals surface area (Å²) >= 11 is 0. The van der Waals surface area contributed by atoms with Gasteiger partial charge in [-0.1, -0.05) is 115 Å². The number of fused-ring (bicyclic) bond motifs is 6. The van der Waals surface area contributed by atoms with Gasteiger partial charge in [-0.3, -0.25) is 4.68 Å². The second-order valence-corrected chi connectivity index (χ2v) is 18.3. The van der Waals surface area contributed by atoms with Gasteiger partial charge in [-0.2, -0.15) is 17.2 Å². The molecule has 5 nitrogen and oxygen atoms in total. The topological polar surface area (TPSA) is 40.6 Å². The van der Waals surface area contributed by atoms with Crippen molar-refractivity contribution >= 4 is 43.6 Å². The predicted molar refractivity (Wildman–Crippen MR) is 229 cm³/mol. The van der Waals surface area contributed by atoms with Crippen molar-refractivity contribution in [2.75, 3.05) is 0 Å². The molecule has 0 atom stereocenters. The summed E-state index contributed by atoms with van der Waals surface area (Å²) < 4.78 is 51.9. The van der Waals surface area contributed by atoms with Crippen molar-refractivity contribution in [3.63, 3.8) is 0 Å². The van der Waals surface area contributed by atoms with Crippen LogP contribution < -0.4 is 0 Å². The van der Waals surface area contributed by atoms with Gasteiger partial charge in [-0.15, -0.1) is 35.0 Å². The first kappa shape index (κ1) is 40.3. The summed E-state index contributed by atoms with van der Waals surface area (Å²) in [6, 6.07) is 38.1. The molecule has 0 amide bonds. The number of hydrogen-bond donors (Lipinski definition) is 0. The van der Waals surface area contributed by atoms with Crippen LogP contribution >= 0.6 is 0 Å². The van der Waals surface area contributed by atoms with E-state index in [1.54, 1.807) is 4.68 Å². The first-order chi connectivity index (χ1) is 27.4. The van der Waals surface area contributed by atoms with Gasteiger partial charge in [0.1, 0.15) is 23.3 Å². The minimum atomic E-state index is -0.976. The first-order valence-corrected chi connectivity index (χ1v) is 19.6. The van der Waals surface area contributed by atoms with Gasteiger partial charge in [0, 0.05) is 45.8 Å². The molecule has 0 radical (unpaired) electrons. The molecule has 0 fully saturated rings. The molecule has 0 spiro atoms. The van der Waals surface area contributed by atoms with Crippen molar-refractivity contribution < 1.29 is 34.2 Å². The molecule has 9 aromatic rings. The maximum absolute atomic E-state index is 15.8. The van der Waals surface area contributed by atoms with Gasteiger partial charge in [0.05, 0.1) is 17.0 Å². The molecule has 0 aliphatic carbocycles. The van der Waals surface area contributed by atoms with Gasteiger partial charge >= 0.3 is 21.1 Å². The van der Waals surface area contributed by atoms with Crippen molar-refractivity contribution in [3.05, 3.63) is 150 Å². The van der Waals surface area contributed by atoms with E-state index in [4.69, 9.17) is 10.1 Å². The molecule has 59 heavy (non-hydrogen) atoms. The maximum Gasteiger partial charge on any atom is 2.00 e. The van der Waals surface area contributed by atoms with E-state index in [0.29, 0.717) is 22.6 Å². The summed E-state index contributed by atoms with van der Waals surface area (Å²) in [6.45, 7) is 18.4. The van der Waals surface area contributed by atoms with Gasteiger partial charge < -0.3 is 9.13 Å². The maximum atomic E-state index is 15.8. The van der Waals surface area contributed by atoms with E-state index in [-0.39, 0.29) is 32.0 Å². The van der Waals surface area contributed by atoms with E-state index in [2.05, 4.69) is 103 Å². The molecule has 0 aliphatic rings. The van der Waals surface area contributed by atoms with Crippen LogP contribution in [0.5, 0.6) is 0 Å². The van der Waals surface area contributed by atoms with E-state index in [1.807, 2.05) is 72.0 Å². The SMILES string of the molecule is CC(C)(C)c1ccnc(-n2c3[c-]c(-n4c5[c-]c(-n6nc(C(C)(C)C)c(-c7c(F)cc(F)cc7F)c6C(C)(C)C)ccc5c5ccccc54)ccc3c3ccccc32)c1.[Pt+2]. The fraction of sp³-hybridized carbons (Fsp3) is 0.240. The number of para-hydroxylation sites is 2. The molecule has 0 saturated heterocycles. The van der Waals surface area contributed by atoms with Crippen LogP contribution in [0, 0.1) is 29.6 Å². The zero-order chi connectivity index (χ0) is 41.1. The Morgan fingerprint density at radius 3 is 1.66 bits per heavy atom. The second kappa shape index (κ2) is 14.1.